The number of hydrogen-bond acceptors (Lipinski definition) is 4. The van der Waals surface area contributed by atoms with E-state index in [4.69, 9.17) is 0 Å². The number of nitro benzene ring substituents is 1. The van der Waals surface area contributed by atoms with Crippen LogP contribution in [-0.2, 0) is 6.54 Å². The molecule has 0 radical (unpaired) electrons. The predicted molar refractivity (Wildman–Crippen MR) is 76.2 cm³/mol. The van der Waals surface area contributed by atoms with Gasteiger partial charge in [0.15, 0.2) is 0 Å². The summed E-state index contributed by atoms with van der Waals surface area (Å²) in [5.41, 5.74) is 0.951. The molecule has 2 N–H and O–H groups in total. The minimum absolute atomic E-state index is 0.239. The molecule has 0 bridgehead atoms. The van der Waals surface area contributed by atoms with Crippen LogP contribution in [-0.4, -0.2) is 16.6 Å². The van der Waals surface area contributed by atoms with E-state index in [1.54, 1.807) is 12.1 Å². The van der Waals surface area contributed by atoms with E-state index in [0.717, 1.165) is 11.6 Å². The van der Waals surface area contributed by atoms with Gasteiger partial charge < -0.3 is 10.4 Å². The topological polar surface area (TPSA) is 75.4 Å². The van der Waals surface area contributed by atoms with Crippen molar-refractivity contribution in [3.05, 3.63) is 75.6 Å². The summed E-state index contributed by atoms with van der Waals surface area (Å²) in [6, 6.07) is 12.5. The van der Waals surface area contributed by atoms with Crippen LogP contribution in [0.1, 0.15) is 17.2 Å². The molecule has 6 heteroatoms. The Kier molecular flexibility index (Phi) is 4.97. The molecule has 110 valence electrons. The number of halogens is 1. The number of nitro groups is 1. The molecule has 0 aliphatic rings. The van der Waals surface area contributed by atoms with Gasteiger partial charge >= 0.3 is 0 Å². The van der Waals surface area contributed by atoms with E-state index in [1.807, 2.05) is 18.2 Å². The van der Waals surface area contributed by atoms with Crippen molar-refractivity contribution in [1.29, 1.82) is 0 Å². The van der Waals surface area contributed by atoms with Gasteiger partial charge in [-0.2, -0.15) is 0 Å². The molecule has 0 aromatic heterocycles. The highest BCUT2D eigenvalue weighted by Gasteiger charge is 2.10. The van der Waals surface area contributed by atoms with Crippen LogP contribution in [0.5, 0.6) is 0 Å². The minimum atomic E-state index is -0.685. The maximum absolute atomic E-state index is 13.3. The molecular formula is C15H15FN2O3. The highest BCUT2D eigenvalue weighted by molar-refractivity contribution is 5.35. The average Bonchev–Trinajstić information content (AvgIpc) is 2.47. The van der Waals surface area contributed by atoms with E-state index in [1.165, 1.54) is 12.1 Å². The van der Waals surface area contributed by atoms with Crippen molar-refractivity contribution in [3.8, 4) is 0 Å². The fraction of sp³-hybridized carbons (Fsp3) is 0.200. The van der Waals surface area contributed by atoms with Crippen LogP contribution in [0.2, 0.25) is 0 Å². The molecule has 0 aliphatic heterocycles. The summed E-state index contributed by atoms with van der Waals surface area (Å²) in [5, 5.41) is 23.6. The highest BCUT2D eigenvalue weighted by Crippen LogP contribution is 2.16. The molecule has 0 saturated heterocycles. The molecule has 21 heavy (non-hydrogen) atoms. The molecule has 1 unspecified atom stereocenters. The van der Waals surface area contributed by atoms with E-state index < -0.39 is 16.8 Å². The zero-order valence-electron chi connectivity index (χ0n) is 11.2. The van der Waals surface area contributed by atoms with E-state index >= 15 is 0 Å². The van der Waals surface area contributed by atoms with Crippen LogP contribution in [0, 0.1) is 15.9 Å². The van der Waals surface area contributed by atoms with Crippen LogP contribution in [0.15, 0.2) is 48.5 Å². The molecule has 0 saturated carbocycles. The van der Waals surface area contributed by atoms with Crippen molar-refractivity contribution in [2.24, 2.45) is 0 Å². The third-order valence-corrected chi connectivity index (χ3v) is 3.00. The number of nitrogens with one attached hydrogen (secondary N) is 1. The maximum Gasteiger partial charge on any atom is 0.272 e. The second-order valence-corrected chi connectivity index (χ2v) is 4.63. The van der Waals surface area contributed by atoms with Crippen molar-refractivity contribution in [3.63, 3.8) is 0 Å². The van der Waals surface area contributed by atoms with E-state index in [0.29, 0.717) is 5.56 Å². The number of nitrogens with zero attached hydrogens (tertiary/aromatic N) is 1. The van der Waals surface area contributed by atoms with Gasteiger partial charge in [0.1, 0.15) is 5.82 Å². The summed E-state index contributed by atoms with van der Waals surface area (Å²) in [7, 11) is 0. The largest absolute Gasteiger partial charge is 0.387 e. The molecule has 2 aromatic carbocycles. The van der Waals surface area contributed by atoms with Crippen molar-refractivity contribution >= 4 is 5.69 Å². The van der Waals surface area contributed by atoms with Gasteiger partial charge in [-0.05, 0) is 17.2 Å². The summed E-state index contributed by atoms with van der Waals surface area (Å²) < 4.78 is 13.3. The maximum atomic E-state index is 13.3. The summed E-state index contributed by atoms with van der Waals surface area (Å²) in [5.74, 6) is -0.649. The Hall–Kier alpha value is -2.31. The number of non-ortho nitro benzene ring substituents is 1. The van der Waals surface area contributed by atoms with Crippen molar-refractivity contribution in [1.82, 2.24) is 5.32 Å². The molecule has 2 aromatic rings. The van der Waals surface area contributed by atoms with Gasteiger partial charge in [0, 0.05) is 19.2 Å². The summed E-state index contributed by atoms with van der Waals surface area (Å²) in [6.07, 6.45) is -0.685. The number of aliphatic hydroxyl groups excluding tert-OH is 1. The second-order valence-electron chi connectivity index (χ2n) is 4.63. The second kappa shape index (κ2) is 6.92. The van der Waals surface area contributed by atoms with Crippen LogP contribution in [0.25, 0.3) is 0 Å². The predicted octanol–water partition coefficient (Wildman–Crippen LogP) is 2.56. The Morgan fingerprint density at radius 1 is 1.24 bits per heavy atom. The van der Waals surface area contributed by atoms with E-state index in [-0.39, 0.29) is 18.8 Å². The first-order chi connectivity index (χ1) is 10.1. The van der Waals surface area contributed by atoms with E-state index in [2.05, 4.69) is 5.32 Å². The van der Waals surface area contributed by atoms with Gasteiger partial charge in [-0.25, -0.2) is 4.39 Å². The molecule has 2 rings (SSSR count). The Morgan fingerprint density at radius 3 is 2.62 bits per heavy atom. The number of aliphatic hydroxyl groups is 1. The van der Waals surface area contributed by atoms with Crippen LogP contribution in [0.3, 0.4) is 0 Å². The third-order valence-electron chi connectivity index (χ3n) is 3.00. The first-order valence-corrected chi connectivity index (χ1v) is 6.44. The van der Waals surface area contributed by atoms with Crippen molar-refractivity contribution in [2.45, 2.75) is 12.6 Å². The van der Waals surface area contributed by atoms with Gasteiger partial charge in [0.2, 0.25) is 0 Å². The molecular weight excluding hydrogens is 275 g/mol. The fourth-order valence-corrected chi connectivity index (χ4v) is 1.99. The summed E-state index contributed by atoms with van der Waals surface area (Å²) >= 11 is 0. The average molecular weight is 290 g/mol. The highest BCUT2D eigenvalue weighted by atomic mass is 19.1. The number of hydrogen-bond donors (Lipinski definition) is 2. The lowest BCUT2D eigenvalue weighted by Gasteiger charge is -2.12. The molecule has 0 aliphatic carbocycles. The standard InChI is InChI=1S/C15H15FN2O3/c16-13-6-11(7-14(8-13)18(20)21)9-17-10-15(19)12-4-2-1-3-5-12/h1-8,15,17,19H,9-10H2. The van der Waals surface area contributed by atoms with Crippen molar-refractivity contribution < 1.29 is 14.4 Å². The molecule has 0 heterocycles. The van der Waals surface area contributed by atoms with E-state index in [9.17, 15) is 19.6 Å². The Balaban J connectivity index is 1.93. The normalized spacial score (nSPS) is 12.1. The lowest BCUT2D eigenvalue weighted by molar-refractivity contribution is -0.385. The lowest BCUT2D eigenvalue weighted by Crippen LogP contribution is -2.21. The van der Waals surface area contributed by atoms with Gasteiger partial charge in [0.25, 0.3) is 5.69 Å². The monoisotopic (exact) mass is 290 g/mol. The van der Waals surface area contributed by atoms with Crippen LogP contribution in [0.4, 0.5) is 10.1 Å². The van der Waals surface area contributed by atoms with Crippen LogP contribution >= 0.6 is 0 Å². The SMILES string of the molecule is O=[N+]([O-])c1cc(F)cc(CNCC(O)c2ccccc2)c1. The Labute approximate surface area is 121 Å². The van der Waals surface area contributed by atoms with Gasteiger partial charge in [-0.1, -0.05) is 30.3 Å². The molecule has 1 atom stereocenters. The summed E-state index contributed by atoms with van der Waals surface area (Å²) in [6.45, 7) is 0.511. The molecule has 0 amide bonds. The zero-order valence-corrected chi connectivity index (χ0v) is 11.2. The summed E-state index contributed by atoms with van der Waals surface area (Å²) in [4.78, 5) is 10.0. The molecule has 0 spiro atoms. The van der Waals surface area contributed by atoms with Gasteiger partial charge in [-0.15, -0.1) is 0 Å². The fourth-order valence-electron chi connectivity index (χ4n) is 1.99. The minimum Gasteiger partial charge on any atom is -0.387 e. The quantitative estimate of drug-likeness (QED) is 0.633. The first-order valence-electron chi connectivity index (χ1n) is 6.44. The third kappa shape index (κ3) is 4.34. The first kappa shape index (κ1) is 15.1. The molecule has 5 nitrogen and oxygen atoms in total. The number of benzene rings is 2. The zero-order chi connectivity index (χ0) is 15.2. The van der Waals surface area contributed by atoms with Gasteiger partial charge in [0.05, 0.1) is 17.1 Å². The Morgan fingerprint density at radius 2 is 1.95 bits per heavy atom. The van der Waals surface area contributed by atoms with Crippen molar-refractivity contribution in [2.75, 3.05) is 6.54 Å². The van der Waals surface area contributed by atoms with Gasteiger partial charge in [-0.3, -0.25) is 10.1 Å². The Bertz CT molecular complexity index is 620. The number of rotatable bonds is 6. The lowest BCUT2D eigenvalue weighted by atomic mass is 10.1. The van der Waals surface area contributed by atoms with Crippen LogP contribution < -0.4 is 5.32 Å². The molecule has 0 fully saturated rings. The smallest absolute Gasteiger partial charge is 0.272 e.